The lowest BCUT2D eigenvalue weighted by Gasteiger charge is -2.07. The summed E-state index contributed by atoms with van der Waals surface area (Å²) < 4.78 is 1.48. The van der Waals surface area contributed by atoms with Crippen LogP contribution in [0.3, 0.4) is 0 Å². The molecule has 0 atom stereocenters. The largest absolute Gasteiger partial charge is 0.397 e. The first-order valence-electron chi connectivity index (χ1n) is 5.50. The first kappa shape index (κ1) is 13.7. The van der Waals surface area contributed by atoms with Crippen LogP contribution < -0.4 is 11.1 Å². The van der Waals surface area contributed by atoms with Crippen molar-refractivity contribution >= 4 is 40.5 Å². The van der Waals surface area contributed by atoms with Gasteiger partial charge in [0.15, 0.2) is 0 Å². The molecule has 0 saturated carbocycles. The summed E-state index contributed by atoms with van der Waals surface area (Å²) in [5, 5.41) is 7.79. The van der Waals surface area contributed by atoms with Crippen molar-refractivity contribution in [3.63, 3.8) is 0 Å². The van der Waals surface area contributed by atoms with E-state index in [1.807, 2.05) is 0 Å². The van der Waals surface area contributed by atoms with E-state index in [0.717, 1.165) is 0 Å². The van der Waals surface area contributed by atoms with E-state index in [1.165, 1.54) is 4.68 Å². The van der Waals surface area contributed by atoms with Crippen LogP contribution in [-0.2, 0) is 11.3 Å². The van der Waals surface area contributed by atoms with Gasteiger partial charge in [0.05, 0.1) is 21.4 Å². The maximum absolute atomic E-state index is 11.8. The highest BCUT2D eigenvalue weighted by molar-refractivity contribution is 6.33. The standard InChI is InChI=1S/C12H12Cl2N4O/c1-7-10(14)5-18(17-7)6-12(19)16-8-2-3-9(13)11(15)4-8/h2-5H,6,15H2,1H3,(H,16,19). The molecule has 0 fully saturated rings. The molecule has 0 bridgehead atoms. The van der Waals surface area contributed by atoms with Crippen molar-refractivity contribution in [2.45, 2.75) is 13.5 Å². The molecular weight excluding hydrogens is 287 g/mol. The molecule has 100 valence electrons. The number of nitrogens with one attached hydrogen (secondary N) is 1. The summed E-state index contributed by atoms with van der Waals surface area (Å²) in [5.74, 6) is -0.221. The molecule has 2 rings (SSSR count). The summed E-state index contributed by atoms with van der Waals surface area (Å²) in [6, 6.07) is 4.90. The molecular formula is C12H12Cl2N4O. The molecule has 1 heterocycles. The number of nitrogen functional groups attached to an aromatic ring is 1. The fourth-order valence-corrected chi connectivity index (χ4v) is 1.81. The number of nitrogens with zero attached hydrogens (tertiary/aromatic N) is 2. The van der Waals surface area contributed by atoms with Gasteiger partial charge in [-0.1, -0.05) is 23.2 Å². The maximum Gasteiger partial charge on any atom is 0.246 e. The molecule has 1 aromatic carbocycles. The van der Waals surface area contributed by atoms with Crippen LogP contribution in [0.25, 0.3) is 0 Å². The van der Waals surface area contributed by atoms with E-state index in [1.54, 1.807) is 31.3 Å². The third kappa shape index (κ3) is 3.39. The molecule has 1 amide bonds. The SMILES string of the molecule is Cc1nn(CC(=O)Nc2ccc(Cl)c(N)c2)cc1Cl. The van der Waals surface area contributed by atoms with Gasteiger partial charge in [0.25, 0.3) is 0 Å². The number of rotatable bonds is 3. The van der Waals surface area contributed by atoms with Crippen molar-refractivity contribution in [1.82, 2.24) is 9.78 Å². The van der Waals surface area contributed by atoms with Crippen LogP contribution in [0.2, 0.25) is 10.0 Å². The second-order valence-electron chi connectivity index (χ2n) is 4.04. The van der Waals surface area contributed by atoms with Crippen LogP contribution in [0.5, 0.6) is 0 Å². The Morgan fingerprint density at radius 1 is 1.42 bits per heavy atom. The van der Waals surface area contributed by atoms with Gasteiger partial charge in [0, 0.05) is 11.9 Å². The van der Waals surface area contributed by atoms with Crippen molar-refractivity contribution in [3.8, 4) is 0 Å². The van der Waals surface area contributed by atoms with Crippen LogP contribution >= 0.6 is 23.2 Å². The predicted molar refractivity (Wildman–Crippen MR) is 76.5 cm³/mol. The quantitative estimate of drug-likeness (QED) is 0.856. The molecule has 0 radical (unpaired) electrons. The second kappa shape index (κ2) is 5.50. The van der Waals surface area contributed by atoms with Gasteiger partial charge >= 0.3 is 0 Å². The Balaban J connectivity index is 2.03. The zero-order chi connectivity index (χ0) is 14.0. The van der Waals surface area contributed by atoms with E-state index in [0.29, 0.717) is 27.1 Å². The van der Waals surface area contributed by atoms with Crippen LogP contribution in [0.15, 0.2) is 24.4 Å². The monoisotopic (exact) mass is 298 g/mol. The lowest BCUT2D eigenvalue weighted by atomic mass is 10.3. The first-order chi connectivity index (χ1) is 8.95. The van der Waals surface area contributed by atoms with Gasteiger partial charge in [-0.05, 0) is 25.1 Å². The molecule has 3 N–H and O–H groups in total. The zero-order valence-corrected chi connectivity index (χ0v) is 11.7. The Hall–Kier alpha value is -1.72. The second-order valence-corrected chi connectivity index (χ2v) is 4.86. The number of hydrogen-bond acceptors (Lipinski definition) is 3. The van der Waals surface area contributed by atoms with Gasteiger partial charge in [-0.15, -0.1) is 0 Å². The molecule has 0 aliphatic rings. The number of carbonyl (C=O) groups is 1. The van der Waals surface area contributed by atoms with Gasteiger partial charge in [0.2, 0.25) is 5.91 Å². The van der Waals surface area contributed by atoms with Crippen molar-refractivity contribution < 1.29 is 4.79 Å². The molecule has 5 nitrogen and oxygen atoms in total. The number of carbonyl (C=O) groups excluding carboxylic acids is 1. The van der Waals surface area contributed by atoms with E-state index in [4.69, 9.17) is 28.9 Å². The Morgan fingerprint density at radius 3 is 2.74 bits per heavy atom. The molecule has 2 aromatic rings. The minimum atomic E-state index is -0.221. The Morgan fingerprint density at radius 2 is 2.16 bits per heavy atom. The summed E-state index contributed by atoms with van der Waals surface area (Å²) >= 11 is 11.7. The minimum Gasteiger partial charge on any atom is -0.397 e. The number of amides is 1. The van der Waals surface area contributed by atoms with Crippen LogP contribution in [0.4, 0.5) is 11.4 Å². The molecule has 0 spiro atoms. The molecule has 1 aromatic heterocycles. The third-order valence-corrected chi connectivity index (χ3v) is 3.19. The van der Waals surface area contributed by atoms with Gasteiger partial charge in [-0.25, -0.2) is 0 Å². The molecule has 0 aliphatic carbocycles. The van der Waals surface area contributed by atoms with E-state index < -0.39 is 0 Å². The first-order valence-corrected chi connectivity index (χ1v) is 6.25. The number of aryl methyl sites for hydroxylation is 1. The topological polar surface area (TPSA) is 72.9 Å². The van der Waals surface area contributed by atoms with Crippen LogP contribution in [-0.4, -0.2) is 15.7 Å². The average Bonchev–Trinajstić information content (AvgIpc) is 2.63. The number of halogens is 2. The fourth-order valence-electron chi connectivity index (χ4n) is 1.54. The number of anilines is 2. The summed E-state index contributed by atoms with van der Waals surface area (Å²) in [6.45, 7) is 1.85. The highest BCUT2D eigenvalue weighted by atomic mass is 35.5. The van der Waals surface area contributed by atoms with E-state index in [2.05, 4.69) is 10.4 Å². The van der Waals surface area contributed by atoms with E-state index >= 15 is 0 Å². The zero-order valence-electron chi connectivity index (χ0n) is 10.2. The van der Waals surface area contributed by atoms with Crippen LogP contribution in [0.1, 0.15) is 5.69 Å². The number of nitrogens with two attached hydrogens (primary N) is 1. The van der Waals surface area contributed by atoms with Crippen molar-refractivity contribution in [2.24, 2.45) is 0 Å². The highest BCUT2D eigenvalue weighted by Gasteiger charge is 2.08. The molecule has 0 aliphatic heterocycles. The normalized spacial score (nSPS) is 10.5. The van der Waals surface area contributed by atoms with Gasteiger partial charge in [0.1, 0.15) is 6.54 Å². The predicted octanol–water partition coefficient (Wildman–Crippen LogP) is 2.72. The van der Waals surface area contributed by atoms with Crippen molar-refractivity contribution in [1.29, 1.82) is 0 Å². The summed E-state index contributed by atoms with van der Waals surface area (Å²) in [4.78, 5) is 11.8. The van der Waals surface area contributed by atoms with E-state index in [9.17, 15) is 4.79 Å². The molecule has 19 heavy (non-hydrogen) atoms. The number of benzene rings is 1. The molecule has 0 unspecified atom stereocenters. The molecule has 7 heteroatoms. The summed E-state index contributed by atoms with van der Waals surface area (Å²) in [7, 11) is 0. The van der Waals surface area contributed by atoms with Gasteiger partial charge in [-0.2, -0.15) is 5.10 Å². The third-order valence-electron chi connectivity index (χ3n) is 2.47. The Kier molecular flexibility index (Phi) is 3.97. The minimum absolute atomic E-state index is 0.0795. The van der Waals surface area contributed by atoms with Gasteiger partial charge in [-0.3, -0.25) is 9.48 Å². The highest BCUT2D eigenvalue weighted by Crippen LogP contribution is 2.22. The van der Waals surface area contributed by atoms with E-state index in [-0.39, 0.29) is 12.5 Å². The van der Waals surface area contributed by atoms with Crippen LogP contribution in [0, 0.1) is 6.92 Å². The summed E-state index contributed by atoms with van der Waals surface area (Å²) in [6.07, 6.45) is 1.60. The average molecular weight is 299 g/mol. The maximum atomic E-state index is 11.8. The smallest absolute Gasteiger partial charge is 0.246 e. The Bertz CT molecular complexity index is 605. The lowest BCUT2D eigenvalue weighted by Crippen LogP contribution is -2.19. The summed E-state index contributed by atoms with van der Waals surface area (Å²) in [5.41, 5.74) is 7.34. The van der Waals surface area contributed by atoms with Crippen molar-refractivity contribution in [3.05, 3.63) is 40.1 Å². The lowest BCUT2D eigenvalue weighted by molar-refractivity contribution is -0.116. The number of hydrogen-bond donors (Lipinski definition) is 2. The Labute approximate surface area is 120 Å². The molecule has 0 saturated heterocycles. The number of aromatic nitrogens is 2. The van der Waals surface area contributed by atoms with Gasteiger partial charge < -0.3 is 11.1 Å². The van der Waals surface area contributed by atoms with Crippen molar-refractivity contribution in [2.75, 3.05) is 11.1 Å². The fraction of sp³-hybridized carbons (Fsp3) is 0.167.